The number of carboxylic acid groups (broad SMARTS) is 1. The SMILES string of the molecule is Cc1nc2ccccc2c2c1O[C@]1(C=C2)C[C@H]2C(=O)N[C@]3(C(=O)NS(=O)(=O)C4CC4)C[C@H]3/C=C\CCCCC[C@H](NC(=O)O)C(=O)N2C1. The second-order valence-corrected chi connectivity index (χ2v) is 15.6. The van der Waals surface area contributed by atoms with E-state index in [2.05, 4.69) is 15.4 Å². The predicted octanol–water partition coefficient (Wildman–Crippen LogP) is 2.93. The molecule has 13 nitrogen and oxygen atoms in total. The Balaban J connectivity index is 1.24. The van der Waals surface area contributed by atoms with Gasteiger partial charge in [-0.05, 0) is 57.6 Å². The Morgan fingerprint density at radius 1 is 1.10 bits per heavy atom. The Labute approximate surface area is 278 Å². The normalized spacial score (nSPS) is 30.9. The van der Waals surface area contributed by atoms with Gasteiger partial charge in [0.25, 0.3) is 5.91 Å². The number of sulfonamides is 1. The van der Waals surface area contributed by atoms with Crippen molar-refractivity contribution in [2.75, 3.05) is 6.54 Å². The first-order valence-corrected chi connectivity index (χ1v) is 18.1. The number of nitrogens with zero attached hydrogens (tertiary/aromatic N) is 2. The third kappa shape index (κ3) is 5.90. The van der Waals surface area contributed by atoms with Crippen molar-refractivity contribution in [3.63, 3.8) is 0 Å². The largest absolute Gasteiger partial charge is 0.479 e. The fourth-order valence-electron chi connectivity index (χ4n) is 7.30. The molecule has 48 heavy (non-hydrogen) atoms. The van der Waals surface area contributed by atoms with Gasteiger partial charge in [-0.2, -0.15) is 0 Å². The molecular formula is C34H39N5O8S. The molecule has 3 aliphatic heterocycles. The maximum atomic E-state index is 14.3. The minimum absolute atomic E-state index is 0.0190. The highest BCUT2D eigenvalue weighted by Gasteiger charge is 2.63. The molecule has 14 heteroatoms. The van der Waals surface area contributed by atoms with Gasteiger partial charge in [0.1, 0.15) is 29.0 Å². The van der Waals surface area contributed by atoms with Gasteiger partial charge < -0.3 is 25.4 Å². The molecule has 5 atom stereocenters. The smallest absolute Gasteiger partial charge is 0.405 e. The van der Waals surface area contributed by atoms with Crippen molar-refractivity contribution >= 4 is 50.8 Å². The second-order valence-electron chi connectivity index (χ2n) is 13.7. The zero-order chi connectivity index (χ0) is 33.8. The third-order valence-electron chi connectivity index (χ3n) is 10.1. The molecule has 4 amide bonds. The third-order valence-corrected chi connectivity index (χ3v) is 12.0. The summed E-state index contributed by atoms with van der Waals surface area (Å²) < 4.78 is 34.4. The fraction of sp³-hybridized carbons (Fsp3) is 0.500. The number of aromatic nitrogens is 1. The van der Waals surface area contributed by atoms with Crippen LogP contribution in [0.4, 0.5) is 4.79 Å². The predicted molar refractivity (Wildman–Crippen MR) is 175 cm³/mol. The number of pyridine rings is 1. The van der Waals surface area contributed by atoms with Crippen molar-refractivity contribution in [3.8, 4) is 5.75 Å². The van der Waals surface area contributed by atoms with Gasteiger partial charge in [-0.15, -0.1) is 0 Å². The van der Waals surface area contributed by atoms with Crippen molar-refractivity contribution in [2.24, 2.45) is 5.92 Å². The molecule has 5 aliphatic rings. The zero-order valence-electron chi connectivity index (χ0n) is 26.6. The van der Waals surface area contributed by atoms with Crippen molar-refractivity contribution in [1.29, 1.82) is 0 Å². The van der Waals surface area contributed by atoms with Crippen molar-refractivity contribution in [3.05, 3.63) is 53.8 Å². The topological polar surface area (TPSA) is 184 Å². The molecule has 0 unspecified atom stereocenters. The molecule has 4 N–H and O–H groups in total. The summed E-state index contributed by atoms with van der Waals surface area (Å²) in [5.41, 5.74) is -0.386. The number of hydrogen-bond donors (Lipinski definition) is 4. The van der Waals surface area contributed by atoms with Gasteiger partial charge in [0.05, 0.1) is 23.0 Å². The minimum Gasteiger partial charge on any atom is -0.479 e. The molecule has 0 radical (unpaired) electrons. The molecule has 1 aromatic carbocycles. The van der Waals surface area contributed by atoms with E-state index < -0.39 is 68.2 Å². The molecule has 1 aromatic heterocycles. The minimum atomic E-state index is -3.88. The number of carbonyl (C=O) groups excluding carboxylic acids is 3. The first kappa shape index (κ1) is 32.1. The number of nitrogens with one attached hydrogen (secondary N) is 3. The molecule has 7 rings (SSSR count). The fourth-order valence-corrected chi connectivity index (χ4v) is 8.66. The zero-order valence-corrected chi connectivity index (χ0v) is 27.4. The van der Waals surface area contributed by atoms with Crippen LogP contribution in [0.2, 0.25) is 0 Å². The van der Waals surface area contributed by atoms with Crippen LogP contribution in [0.15, 0.2) is 42.5 Å². The lowest BCUT2D eigenvalue weighted by molar-refractivity contribution is -0.141. The van der Waals surface area contributed by atoms with Crippen LogP contribution in [-0.2, 0) is 24.4 Å². The van der Waals surface area contributed by atoms with E-state index in [1.54, 1.807) is 0 Å². The lowest BCUT2D eigenvalue weighted by Crippen LogP contribution is -2.58. The average Bonchev–Trinajstić information content (AvgIpc) is 3.97. The van der Waals surface area contributed by atoms with Crippen LogP contribution >= 0.6 is 0 Å². The summed E-state index contributed by atoms with van der Waals surface area (Å²) in [6, 6.07) is 5.42. The van der Waals surface area contributed by atoms with Crippen molar-refractivity contribution in [2.45, 2.75) is 93.2 Å². The number of ether oxygens (including phenoxy) is 1. The summed E-state index contributed by atoms with van der Waals surface area (Å²) in [6.07, 6.45) is 10.3. The van der Waals surface area contributed by atoms with E-state index in [1.807, 2.05) is 55.5 Å². The lowest BCUT2D eigenvalue weighted by Gasteiger charge is -2.33. The average molecular weight is 678 g/mol. The first-order chi connectivity index (χ1) is 22.9. The van der Waals surface area contributed by atoms with Crippen molar-refractivity contribution in [1.82, 2.24) is 25.2 Å². The number of fused-ring (bicyclic) bond motifs is 5. The van der Waals surface area contributed by atoms with Crippen LogP contribution in [0.5, 0.6) is 5.75 Å². The van der Waals surface area contributed by atoms with E-state index in [4.69, 9.17) is 9.72 Å². The van der Waals surface area contributed by atoms with Gasteiger partial charge >= 0.3 is 6.09 Å². The van der Waals surface area contributed by atoms with Crippen LogP contribution in [0.1, 0.15) is 69.0 Å². The summed E-state index contributed by atoms with van der Waals surface area (Å²) in [7, 11) is -3.88. The molecule has 2 aliphatic carbocycles. The summed E-state index contributed by atoms with van der Waals surface area (Å²) in [4.78, 5) is 59.9. The van der Waals surface area contributed by atoms with Gasteiger partial charge in [0, 0.05) is 23.3 Å². The quantitative estimate of drug-likeness (QED) is 0.354. The Hall–Kier alpha value is -4.46. The Bertz CT molecular complexity index is 1870. The van der Waals surface area contributed by atoms with Crippen LogP contribution < -0.4 is 20.1 Å². The molecule has 1 saturated heterocycles. The molecule has 3 fully saturated rings. The van der Waals surface area contributed by atoms with Crippen molar-refractivity contribution < 1.29 is 37.4 Å². The molecule has 2 saturated carbocycles. The van der Waals surface area contributed by atoms with Gasteiger partial charge in [-0.1, -0.05) is 49.3 Å². The van der Waals surface area contributed by atoms with Crippen LogP contribution in [-0.4, -0.2) is 82.2 Å². The maximum Gasteiger partial charge on any atom is 0.405 e. The Morgan fingerprint density at radius 2 is 1.90 bits per heavy atom. The Morgan fingerprint density at radius 3 is 2.67 bits per heavy atom. The maximum absolute atomic E-state index is 14.3. The number of allylic oxidation sites excluding steroid dienone is 1. The van der Waals surface area contributed by atoms with Gasteiger partial charge in [0.15, 0.2) is 0 Å². The van der Waals surface area contributed by atoms with E-state index in [1.165, 1.54) is 4.90 Å². The van der Waals surface area contributed by atoms with E-state index in [-0.39, 0.29) is 25.8 Å². The first-order valence-electron chi connectivity index (χ1n) is 16.5. The summed E-state index contributed by atoms with van der Waals surface area (Å²) in [6.45, 7) is 1.78. The molecule has 2 aromatic rings. The number of benzene rings is 1. The van der Waals surface area contributed by atoms with Crippen LogP contribution in [0, 0.1) is 12.8 Å². The highest BCUT2D eigenvalue weighted by Crippen LogP contribution is 2.47. The summed E-state index contributed by atoms with van der Waals surface area (Å²) in [5, 5.41) is 15.1. The number of carbonyl (C=O) groups is 4. The molecule has 254 valence electrons. The van der Waals surface area contributed by atoms with E-state index >= 15 is 0 Å². The number of aryl methyl sites for hydroxylation is 1. The van der Waals surface area contributed by atoms with E-state index in [9.17, 15) is 32.7 Å². The number of hydrogen-bond acceptors (Lipinski definition) is 8. The lowest BCUT2D eigenvalue weighted by atomic mass is 9.93. The molecule has 1 spiro atoms. The van der Waals surface area contributed by atoms with Crippen LogP contribution in [0.25, 0.3) is 17.0 Å². The number of para-hydroxylation sites is 1. The van der Waals surface area contributed by atoms with Gasteiger partial charge in [-0.3, -0.25) is 19.1 Å². The monoisotopic (exact) mass is 677 g/mol. The number of rotatable bonds is 4. The highest BCUT2D eigenvalue weighted by molar-refractivity contribution is 7.91. The second kappa shape index (κ2) is 11.9. The van der Waals surface area contributed by atoms with E-state index in [0.717, 1.165) is 29.3 Å². The molecule has 4 heterocycles. The van der Waals surface area contributed by atoms with Crippen LogP contribution in [0.3, 0.4) is 0 Å². The molecular weight excluding hydrogens is 638 g/mol. The highest BCUT2D eigenvalue weighted by atomic mass is 32.2. The molecule has 0 bridgehead atoms. The van der Waals surface area contributed by atoms with Gasteiger partial charge in [-0.25, -0.2) is 18.2 Å². The number of amides is 4. The summed E-state index contributed by atoms with van der Waals surface area (Å²) in [5.74, 6) is -1.91. The Kier molecular flexibility index (Phi) is 7.96. The standard InChI is InChI=1S/C34H39N5O8S/c1-20-28-24(23-10-7-8-11-25(23)35-20)15-16-33(47-28)18-27-29(40)37-34(31(42)38-48(45,46)22-13-14-22)17-21(34)9-5-3-2-4-6-12-26(36-32(43)44)30(41)39(27)19-33/h5,7-11,15-16,21-22,26-27,36H,2-4,6,12-14,17-19H2,1H3,(H,37,40)(H,38,42)(H,43,44)/b9-5-/t21-,26+,27+,33-,34-/m1/s1. The van der Waals surface area contributed by atoms with E-state index in [0.29, 0.717) is 37.1 Å². The summed E-state index contributed by atoms with van der Waals surface area (Å²) >= 11 is 0. The van der Waals surface area contributed by atoms with Gasteiger partial charge in [0.2, 0.25) is 21.8 Å².